The molecule has 6 nitrogen and oxygen atoms in total. The minimum absolute atomic E-state index is 0.218. The Morgan fingerprint density at radius 3 is 2.42 bits per heavy atom. The van der Waals surface area contributed by atoms with Gasteiger partial charge in [-0.3, -0.25) is 14.6 Å². The molecule has 1 amide bonds. The summed E-state index contributed by atoms with van der Waals surface area (Å²) in [6, 6.07) is 9.01. The number of hydrogen-bond donors (Lipinski definition) is 1. The monoisotopic (exact) mass is 426 g/mol. The molecule has 0 bridgehead atoms. The van der Waals surface area contributed by atoms with Gasteiger partial charge < -0.3 is 14.9 Å². The van der Waals surface area contributed by atoms with E-state index in [1.54, 1.807) is 0 Å². The molecule has 4 atom stereocenters. The summed E-state index contributed by atoms with van der Waals surface area (Å²) >= 11 is 0. The molecule has 3 heterocycles. The third-order valence-electron chi connectivity index (χ3n) is 8.17. The number of aliphatic hydroxyl groups excluding tert-OH is 1. The largest absolute Gasteiger partial charge is 0.391 e. The maximum absolute atomic E-state index is 13.1. The second-order valence-corrected chi connectivity index (χ2v) is 10.3. The Morgan fingerprint density at radius 1 is 1.00 bits per heavy atom. The van der Waals surface area contributed by atoms with Crippen LogP contribution in [0.3, 0.4) is 0 Å². The maximum atomic E-state index is 13.1. The molecule has 0 radical (unpaired) electrons. The Labute approximate surface area is 186 Å². The van der Waals surface area contributed by atoms with Gasteiger partial charge in [-0.15, -0.1) is 0 Å². The van der Waals surface area contributed by atoms with E-state index in [4.69, 9.17) is 0 Å². The molecule has 3 aliphatic heterocycles. The van der Waals surface area contributed by atoms with Gasteiger partial charge >= 0.3 is 0 Å². The number of fused-ring (bicyclic) bond motifs is 1. The molecule has 6 heteroatoms. The summed E-state index contributed by atoms with van der Waals surface area (Å²) in [5.74, 6) is 1.33. The van der Waals surface area contributed by atoms with E-state index in [0.29, 0.717) is 24.4 Å². The second kappa shape index (κ2) is 9.08. The number of aryl methyl sites for hydroxylation is 1. The van der Waals surface area contributed by atoms with E-state index in [1.807, 2.05) is 0 Å². The van der Waals surface area contributed by atoms with Crippen molar-refractivity contribution < 1.29 is 9.90 Å². The maximum Gasteiger partial charge on any atom is 0.236 e. The van der Waals surface area contributed by atoms with Crippen LogP contribution in [0, 0.1) is 18.8 Å². The smallest absolute Gasteiger partial charge is 0.236 e. The van der Waals surface area contributed by atoms with E-state index in [1.165, 1.54) is 24.1 Å². The van der Waals surface area contributed by atoms with Crippen molar-refractivity contribution in [3.05, 3.63) is 29.8 Å². The Bertz CT molecular complexity index is 773. The number of benzene rings is 1. The molecule has 1 saturated carbocycles. The number of piperazine rings is 1. The third-order valence-corrected chi connectivity index (χ3v) is 8.17. The van der Waals surface area contributed by atoms with Gasteiger partial charge in [0.05, 0.1) is 12.6 Å². The van der Waals surface area contributed by atoms with Crippen LogP contribution in [0.1, 0.15) is 31.2 Å². The van der Waals surface area contributed by atoms with Gasteiger partial charge in [-0.2, -0.15) is 0 Å². The van der Waals surface area contributed by atoms with Crippen LogP contribution in [0.25, 0.3) is 0 Å². The number of aliphatic hydroxyl groups is 1. The minimum Gasteiger partial charge on any atom is -0.391 e. The van der Waals surface area contributed by atoms with Crippen LogP contribution >= 0.6 is 0 Å². The predicted molar refractivity (Wildman–Crippen MR) is 123 cm³/mol. The summed E-state index contributed by atoms with van der Waals surface area (Å²) in [5.41, 5.74) is 2.59. The molecule has 170 valence electrons. The number of carbonyl (C=O) groups is 1. The van der Waals surface area contributed by atoms with Crippen LogP contribution in [0.4, 0.5) is 5.69 Å². The lowest BCUT2D eigenvalue weighted by atomic mass is 9.77. The molecule has 1 aromatic carbocycles. The van der Waals surface area contributed by atoms with Crippen LogP contribution in [-0.2, 0) is 4.79 Å². The molecule has 1 N–H and O–H groups in total. The zero-order valence-corrected chi connectivity index (χ0v) is 19.0. The van der Waals surface area contributed by atoms with Gasteiger partial charge in [0.25, 0.3) is 0 Å². The SMILES string of the molecule is Cc1cccc(N2CCN(CC(=O)N3C[C@H]4C[C@@H](N5CCCC5)[C@H](O)C[C@H]4C3)CC2)c1. The fourth-order valence-electron chi connectivity index (χ4n) is 6.36. The zero-order valence-electron chi connectivity index (χ0n) is 19.0. The van der Waals surface area contributed by atoms with Crippen molar-refractivity contribution in [3.8, 4) is 0 Å². The quantitative estimate of drug-likeness (QED) is 0.796. The fourth-order valence-corrected chi connectivity index (χ4v) is 6.36. The van der Waals surface area contributed by atoms with Gasteiger partial charge in [0, 0.05) is 51.0 Å². The molecule has 31 heavy (non-hydrogen) atoms. The van der Waals surface area contributed by atoms with Crippen molar-refractivity contribution in [1.82, 2.24) is 14.7 Å². The first-order valence-electron chi connectivity index (χ1n) is 12.3. The molecule has 0 spiro atoms. The van der Waals surface area contributed by atoms with E-state index in [0.717, 1.165) is 65.2 Å². The van der Waals surface area contributed by atoms with Gasteiger partial charge in [0.1, 0.15) is 0 Å². The van der Waals surface area contributed by atoms with Crippen molar-refractivity contribution in [3.63, 3.8) is 0 Å². The summed E-state index contributed by atoms with van der Waals surface area (Å²) in [4.78, 5) is 22.4. The van der Waals surface area contributed by atoms with Crippen molar-refractivity contribution in [2.24, 2.45) is 11.8 Å². The summed E-state index contributed by atoms with van der Waals surface area (Å²) < 4.78 is 0. The number of anilines is 1. The van der Waals surface area contributed by atoms with E-state index in [9.17, 15) is 9.90 Å². The minimum atomic E-state index is -0.218. The zero-order chi connectivity index (χ0) is 21.4. The number of rotatable bonds is 4. The highest BCUT2D eigenvalue weighted by Gasteiger charge is 2.45. The second-order valence-electron chi connectivity index (χ2n) is 10.3. The van der Waals surface area contributed by atoms with Gasteiger partial charge in [0.15, 0.2) is 0 Å². The first kappa shape index (κ1) is 21.2. The van der Waals surface area contributed by atoms with Gasteiger partial charge in [0.2, 0.25) is 5.91 Å². The van der Waals surface area contributed by atoms with Crippen LogP contribution in [0.5, 0.6) is 0 Å². The van der Waals surface area contributed by atoms with E-state index >= 15 is 0 Å². The Kier molecular flexibility index (Phi) is 6.22. The Balaban J connectivity index is 1.11. The topological polar surface area (TPSA) is 50.3 Å². The number of likely N-dealkylation sites (tertiary alicyclic amines) is 2. The number of amides is 1. The molecular weight excluding hydrogens is 388 g/mol. The molecule has 3 saturated heterocycles. The Morgan fingerprint density at radius 2 is 1.71 bits per heavy atom. The highest BCUT2D eigenvalue weighted by atomic mass is 16.3. The van der Waals surface area contributed by atoms with Crippen molar-refractivity contribution in [2.75, 3.05) is 63.8 Å². The summed E-state index contributed by atoms with van der Waals surface area (Å²) in [5, 5.41) is 10.7. The lowest BCUT2D eigenvalue weighted by Gasteiger charge is -2.40. The number of hydrogen-bond acceptors (Lipinski definition) is 5. The third kappa shape index (κ3) is 4.62. The molecule has 0 unspecified atom stereocenters. The molecule has 0 aromatic heterocycles. The van der Waals surface area contributed by atoms with E-state index < -0.39 is 0 Å². The van der Waals surface area contributed by atoms with Crippen molar-refractivity contribution >= 4 is 11.6 Å². The highest BCUT2D eigenvalue weighted by molar-refractivity contribution is 5.78. The van der Waals surface area contributed by atoms with Crippen molar-refractivity contribution in [2.45, 2.75) is 44.8 Å². The first-order chi connectivity index (χ1) is 15.1. The molecule has 5 rings (SSSR count). The lowest BCUT2D eigenvalue weighted by molar-refractivity contribution is -0.131. The fraction of sp³-hybridized carbons (Fsp3) is 0.720. The molecular formula is C25H38N4O2. The normalized spacial score (nSPS) is 32.5. The number of carbonyl (C=O) groups excluding carboxylic acids is 1. The molecule has 4 aliphatic rings. The average Bonchev–Trinajstić information content (AvgIpc) is 3.43. The summed E-state index contributed by atoms with van der Waals surface area (Å²) in [6.07, 6.45) is 4.23. The van der Waals surface area contributed by atoms with Gasteiger partial charge in [-0.1, -0.05) is 12.1 Å². The lowest BCUT2D eigenvalue weighted by Crippen LogP contribution is -2.50. The predicted octanol–water partition coefficient (Wildman–Crippen LogP) is 1.81. The summed E-state index contributed by atoms with van der Waals surface area (Å²) in [6.45, 7) is 10.5. The Hall–Kier alpha value is -1.63. The molecule has 4 fully saturated rings. The van der Waals surface area contributed by atoms with Crippen LogP contribution in [0.2, 0.25) is 0 Å². The molecule has 1 aliphatic carbocycles. The van der Waals surface area contributed by atoms with Crippen LogP contribution in [-0.4, -0.2) is 96.8 Å². The summed E-state index contributed by atoms with van der Waals surface area (Å²) in [7, 11) is 0. The highest BCUT2D eigenvalue weighted by Crippen LogP contribution is 2.39. The molecule has 1 aromatic rings. The first-order valence-corrected chi connectivity index (χ1v) is 12.3. The van der Waals surface area contributed by atoms with E-state index in [2.05, 4.69) is 50.8 Å². The number of nitrogens with zero attached hydrogens (tertiary/aromatic N) is 4. The van der Waals surface area contributed by atoms with Crippen LogP contribution < -0.4 is 4.90 Å². The van der Waals surface area contributed by atoms with Gasteiger partial charge in [-0.05, 0) is 75.2 Å². The average molecular weight is 427 g/mol. The van der Waals surface area contributed by atoms with Gasteiger partial charge in [-0.25, -0.2) is 0 Å². The standard InChI is InChI=1S/C25H38N4O2/c1-19-5-4-6-22(13-19)27-11-9-26(10-12-27)18-25(31)29-16-20-14-23(28-7-2-3-8-28)24(30)15-21(20)17-29/h4-6,13,20-21,23-24,30H,2-3,7-12,14-18H2,1H3/t20-,21+,23-,24-/m1/s1. The van der Waals surface area contributed by atoms with Crippen molar-refractivity contribution in [1.29, 1.82) is 0 Å². The van der Waals surface area contributed by atoms with Crippen LogP contribution in [0.15, 0.2) is 24.3 Å². The van der Waals surface area contributed by atoms with E-state index in [-0.39, 0.29) is 12.0 Å².